The zero-order chi connectivity index (χ0) is 13.7. The molecule has 0 bridgehead atoms. The van der Waals surface area contributed by atoms with Crippen LogP contribution >= 0.6 is 27.7 Å². The van der Waals surface area contributed by atoms with Crippen molar-refractivity contribution in [2.75, 3.05) is 17.6 Å². The summed E-state index contributed by atoms with van der Waals surface area (Å²) in [6.07, 6.45) is 0. The van der Waals surface area contributed by atoms with E-state index < -0.39 is 5.82 Å². The average Bonchev–Trinajstić information content (AvgIpc) is 2.39. The van der Waals surface area contributed by atoms with Crippen molar-refractivity contribution in [1.29, 1.82) is 0 Å². The van der Waals surface area contributed by atoms with E-state index >= 15 is 0 Å². The van der Waals surface area contributed by atoms with Gasteiger partial charge >= 0.3 is 0 Å². The minimum absolute atomic E-state index is 0.344. The van der Waals surface area contributed by atoms with E-state index in [0.717, 1.165) is 22.3 Å². The number of nitrogens with one attached hydrogen (secondary N) is 1. The third-order valence-corrected chi connectivity index (χ3v) is 3.93. The Hall–Kier alpha value is -1.07. The van der Waals surface area contributed by atoms with Crippen LogP contribution in [0.1, 0.15) is 0 Å². The maximum atomic E-state index is 13.4. The number of rotatable bonds is 5. The van der Waals surface area contributed by atoms with Crippen molar-refractivity contribution in [2.45, 2.75) is 4.90 Å². The maximum Gasteiger partial charge on any atom is 0.136 e. The Morgan fingerprint density at radius 1 is 1.11 bits per heavy atom. The van der Waals surface area contributed by atoms with Gasteiger partial charge in [0.05, 0.1) is 0 Å². The standard InChI is InChI=1S/C14H12BrF2NS/c15-10-2-1-3-12(8-10)18-6-7-19-14-9-11(16)4-5-13(14)17/h1-5,8-9,18H,6-7H2. The molecule has 0 atom stereocenters. The van der Waals surface area contributed by atoms with Crippen molar-refractivity contribution in [3.63, 3.8) is 0 Å². The van der Waals surface area contributed by atoms with Crippen molar-refractivity contribution in [1.82, 2.24) is 0 Å². The topological polar surface area (TPSA) is 12.0 Å². The summed E-state index contributed by atoms with van der Waals surface area (Å²) in [7, 11) is 0. The smallest absolute Gasteiger partial charge is 0.136 e. The molecule has 0 aliphatic rings. The van der Waals surface area contributed by atoms with Gasteiger partial charge in [0.1, 0.15) is 11.6 Å². The molecule has 100 valence electrons. The van der Waals surface area contributed by atoms with E-state index in [1.165, 1.54) is 17.8 Å². The van der Waals surface area contributed by atoms with Crippen LogP contribution in [-0.4, -0.2) is 12.3 Å². The van der Waals surface area contributed by atoms with Crippen LogP contribution in [0.5, 0.6) is 0 Å². The second kappa shape index (κ2) is 6.91. The molecule has 0 unspecified atom stereocenters. The molecule has 0 heterocycles. The highest BCUT2D eigenvalue weighted by Gasteiger charge is 2.04. The van der Waals surface area contributed by atoms with Gasteiger partial charge in [-0.05, 0) is 36.4 Å². The normalized spacial score (nSPS) is 10.5. The summed E-state index contributed by atoms with van der Waals surface area (Å²) < 4.78 is 27.3. The van der Waals surface area contributed by atoms with Gasteiger partial charge in [0.15, 0.2) is 0 Å². The zero-order valence-electron chi connectivity index (χ0n) is 10.00. The maximum absolute atomic E-state index is 13.4. The monoisotopic (exact) mass is 343 g/mol. The number of hydrogen-bond donors (Lipinski definition) is 1. The Morgan fingerprint density at radius 3 is 2.74 bits per heavy atom. The fourth-order valence-electron chi connectivity index (χ4n) is 1.54. The predicted molar refractivity (Wildman–Crippen MR) is 79.7 cm³/mol. The summed E-state index contributed by atoms with van der Waals surface area (Å²) in [5.74, 6) is -0.134. The Kier molecular flexibility index (Phi) is 5.22. The Bertz CT molecular complexity index is 563. The van der Waals surface area contributed by atoms with E-state index in [4.69, 9.17) is 0 Å². The number of thioether (sulfide) groups is 1. The van der Waals surface area contributed by atoms with Crippen molar-refractivity contribution in [3.05, 3.63) is 58.6 Å². The Balaban J connectivity index is 1.82. The van der Waals surface area contributed by atoms with Gasteiger partial charge in [-0.3, -0.25) is 0 Å². The van der Waals surface area contributed by atoms with Crippen LogP contribution in [0, 0.1) is 11.6 Å². The van der Waals surface area contributed by atoms with Gasteiger partial charge in [-0.2, -0.15) is 0 Å². The lowest BCUT2D eigenvalue weighted by Gasteiger charge is -2.07. The molecule has 0 fully saturated rings. The summed E-state index contributed by atoms with van der Waals surface area (Å²) in [4.78, 5) is 0.344. The lowest BCUT2D eigenvalue weighted by molar-refractivity contribution is 0.577. The van der Waals surface area contributed by atoms with Crippen LogP contribution in [0.2, 0.25) is 0 Å². The minimum Gasteiger partial charge on any atom is -0.384 e. The molecule has 1 nitrogen and oxygen atoms in total. The summed E-state index contributed by atoms with van der Waals surface area (Å²) >= 11 is 4.68. The minimum atomic E-state index is -0.413. The summed E-state index contributed by atoms with van der Waals surface area (Å²) in [5, 5.41) is 3.22. The molecule has 0 amide bonds. The third-order valence-electron chi connectivity index (χ3n) is 2.41. The quantitative estimate of drug-likeness (QED) is 0.610. The molecule has 0 saturated heterocycles. The van der Waals surface area contributed by atoms with E-state index in [9.17, 15) is 8.78 Å². The summed E-state index contributed by atoms with van der Waals surface area (Å²) in [6.45, 7) is 0.678. The first-order chi connectivity index (χ1) is 9.15. The van der Waals surface area contributed by atoms with Gasteiger partial charge in [0, 0.05) is 27.4 Å². The van der Waals surface area contributed by atoms with Gasteiger partial charge in [-0.15, -0.1) is 11.8 Å². The molecule has 0 aliphatic carbocycles. The fourth-order valence-corrected chi connectivity index (χ4v) is 2.77. The molecule has 2 rings (SSSR count). The fraction of sp³-hybridized carbons (Fsp3) is 0.143. The van der Waals surface area contributed by atoms with E-state index in [-0.39, 0.29) is 5.82 Å². The van der Waals surface area contributed by atoms with Gasteiger partial charge in [0.2, 0.25) is 0 Å². The van der Waals surface area contributed by atoms with E-state index in [2.05, 4.69) is 21.2 Å². The Labute approximate surface area is 123 Å². The molecule has 0 saturated carbocycles. The van der Waals surface area contributed by atoms with Gasteiger partial charge in [0.25, 0.3) is 0 Å². The summed E-state index contributed by atoms with van der Waals surface area (Å²) in [5.41, 5.74) is 0.995. The predicted octanol–water partition coefficient (Wildman–Crippen LogP) is 4.93. The van der Waals surface area contributed by atoms with Crippen LogP contribution in [0.4, 0.5) is 14.5 Å². The van der Waals surface area contributed by atoms with Gasteiger partial charge in [-0.25, -0.2) is 8.78 Å². The molecular formula is C14H12BrF2NS. The first-order valence-corrected chi connectivity index (χ1v) is 7.50. The van der Waals surface area contributed by atoms with Crippen LogP contribution in [0.15, 0.2) is 51.8 Å². The molecule has 1 N–H and O–H groups in total. The molecule has 0 radical (unpaired) electrons. The lowest BCUT2D eigenvalue weighted by Crippen LogP contribution is -2.04. The Morgan fingerprint density at radius 2 is 1.95 bits per heavy atom. The molecule has 0 spiro atoms. The van der Waals surface area contributed by atoms with Gasteiger partial charge < -0.3 is 5.32 Å². The third kappa shape index (κ3) is 4.51. The molecule has 19 heavy (non-hydrogen) atoms. The second-order valence-corrected chi connectivity index (χ2v) is 5.91. The van der Waals surface area contributed by atoms with Crippen LogP contribution in [0.3, 0.4) is 0 Å². The number of halogens is 3. The molecule has 0 aromatic heterocycles. The lowest BCUT2D eigenvalue weighted by atomic mass is 10.3. The second-order valence-electron chi connectivity index (χ2n) is 3.86. The van der Waals surface area contributed by atoms with Crippen LogP contribution in [0.25, 0.3) is 0 Å². The highest BCUT2D eigenvalue weighted by molar-refractivity contribution is 9.10. The van der Waals surface area contributed by atoms with Gasteiger partial charge in [-0.1, -0.05) is 22.0 Å². The molecule has 0 aliphatic heterocycles. The summed E-state index contributed by atoms with van der Waals surface area (Å²) in [6, 6.07) is 11.3. The van der Waals surface area contributed by atoms with E-state index in [1.54, 1.807) is 0 Å². The average molecular weight is 344 g/mol. The zero-order valence-corrected chi connectivity index (χ0v) is 12.4. The highest BCUT2D eigenvalue weighted by Crippen LogP contribution is 2.22. The van der Waals surface area contributed by atoms with Crippen molar-refractivity contribution >= 4 is 33.4 Å². The SMILES string of the molecule is Fc1ccc(F)c(SCCNc2cccc(Br)c2)c1. The first kappa shape index (κ1) is 14.3. The van der Waals surface area contributed by atoms with E-state index in [0.29, 0.717) is 17.2 Å². The molecule has 2 aromatic rings. The van der Waals surface area contributed by atoms with Crippen molar-refractivity contribution in [2.24, 2.45) is 0 Å². The van der Waals surface area contributed by atoms with E-state index in [1.807, 2.05) is 24.3 Å². The van der Waals surface area contributed by atoms with Crippen LogP contribution in [-0.2, 0) is 0 Å². The number of benzene rings is 2. The van der Waals surface area contributed by atoms with Crippen molar-refractivity contribution < 1.29 is 8.78 Å². The van der Waals surface area contributed by atoms with Crippen LogP contribution < -0.4 is 5.32 Å². The number of hydrogen-bond acceptors (Lipinski definition) is 2. The highest BCUT2D eigenvalue weighted by atomic mass is 79.9. The molecule has 2 aromatic carbocycles. The van der Waals surface area contributed by atoms with Crippen molar-refractivity contribution in [3.8, 4) is 0 Å². The largest absolute Gasteiger partial charge is 0.384 e. The number of anilines is 1. The first-order valence-electron chi connectivity index (χ1n) is 5.72. The molecule has 5 heteroatoms. The molecular weight excluding hydrogens is 332 g/mol.